The predicted octanol–water partition coefficient (Wildman–Crippen LogP) is 1.79. The second kappa shape index (κ2) is 8.09. The van der Waals surface area contributed by atoms with Crippen LogP contribution in [0, 0.1) is 12.8 Å². The van der Waals surface area contributed by atoms with Crippen LogP contribution in [0.25, 0.3) is 0 Å². The van der Waals surface area contributed by atoms with Crippen molar-refractivity contribution in [3.8, 4) is 0 Å². The van der Waals surface area contributed by atoms with Gasteiger partial charge < -0.3 is 10.1 Å². The van der Waals surface area contributed by atoms with E-state index in [-0.39, 0.29) is 4.90 Å². The van der Waals surface area contributed by atoms with E-state index in [0.717, 1.165) is 25.9 Å². The number of sulfonamides is 1. The molecule has 0 unspecified atom stereocenters. The molecule has 1 fully saturated rings. The number of benzene rings is 1. The van der Waals surface area contributed by atoms with Crippen LogP contribution in [0.3, 0.4) is 0 Å². The van der Waals surface area contributed by atoms with Gasteiger partial charge in [0.05, 0.1) is 17.6 Å². The van der Waals surface area contributed by atoms with Crippen molar-refractivity contribution in [3.63, 3.8) is 0 Å². The molecule has 0 aromatic heterocycles. The fourth-order valence-corrected chi connectivity index (χ4v) is 4.44. The Morgan fingerprint density at radius 3 is 2.58 bits per heavy atom. The number of ether oxygens (including phenoxy) is 1. The maximum atomic E-state index is 12.8. The van der Waals surface area contributed by atoms with Gasteiger partial charge in [0, 0.05) is 13.1 Å². The molecule has 0 radical (unpaired) electrons. The van der Waals surface area contributed by atoms with E-state index >= 15 is 0 Å². The molecule has 1 aromatic carbocycles. The Morgan fingerprint density at radius 1 is 1.33 bits per heavy atom. The molecule has 0 aliphatic carbocycles. The normalized spacial score (nSPS) is 17.0. The van der Waals surface area contributed by atoms with Gasteiger partial charge in [-0.1, -0.05) is 13.0 Å². The molecule has 0 bridgehead atoms. The maximum Gasteiger partial charge on any atom is 0.338 e. The van der Waals surface area contributed by atoms with Crippen molar-refractivity contribution >= 4 is 16.0 Å². The molecule has 134 valence electrons. The number of methoxy groups -OCH3 is 1. The van der Waals surface area contributed by atoms with Crippen molar-refractivity contribution in [2.75, 3.05) is 33.3 Å². The van der Waals surface area contributed by atoms with Crippen molar-refractivity contribution in [2.24, 2.45) is 5.92 Å². The summed E-state index contributed by atoms with van der Waals surface area (Å²) in [5.74, 6) is -0.00561. The molecule has 7 heteroatoms. The number of carbonyl (C=O) groups excluding carboxylic acids is 1. The molecule has 2 rings (SSSR count). The molecule has 0 spiro atoms. The predicted molar refractivity (Wildman–Crippen MR) is 92.5 cm³/mol. The van der Waals surface area contributed by atoms with Gasteiger partial charge in [-0.25, -0.2) is 13.2 Å². The minimum Gasteiger partial charge on any atom is -0.465 e. The highest BCUT2D eigenvalue weighted by molar-refractivity contribution is 7.89. The molecule has 1 aliphatic rings. The van der Waals surface area contributed by atoms with Crippen molar-refractivity contribution in [2.45, 2.75) is 31.6 Å². The van der Waals surface area contributed by atoms with Gasteiger partial charge in [-0.15, -0.1) is 0 Å². The molecule has 1 aromatic rings. The molecule has 1 heterocycles. The summed E-state index contributed by atoms with van der Waals surface area (Å²) in [6.45, 7) is 6.71. The Hall–Kier alpha value is -1.44. The van der Waals surface area contributed by atoms with Crippen LogP contribution in [0.5, 0.6) is 0 Å². The van der Waals surface area contributed by atoms with Gasteiger partial charge in [-0.05, 0) is 56.5 Å². The zero-order chi connectivity index (χ0) is 17.7. The Kier molecular flexibility index (Phi) is 6.37. The van der Waals surface area contributed by atoms with Crippen LogP contribution in [-0.4, -0.2) is 52.0 Å². The van der Waals surface area contributed by atoms with Crippen LogP contribution >= 0.6 is 0 Å². The van der Waals surface area contributed by atoms with E-state index in [9.17, 15) is 13.2 Å². The monoisotopic (exact) mass is 354 g/mol. The fourth-order valence-electron chi connectivity index (χ4n) is 2.94. The Bertz CT molecular complexity index is 680. The van der Waals surface area contributed by atoms with Gasteiger partial charge in [0.25, 0.3) is 0 Å². The second-order valence-corrected chi connectivity index (χ2v) is 8.06. The summed E-state index contributed by atoms with van der Waals surface area (Å²) in [6, 6.07) is 4.63. The number of nitrogens with zero attached hydrogens (tertiary/aromatic N) is 1. The molecule has 1 N–H and O–H groups in total. The second-order valence-electron chi connectivity index (χ2n) is 6.12. The number of piperidine rings is 1. The third kappa shape index (κ3) is 4.15. The van der Waals surface area contributed by atoms with E-state index in [1.54, 1.807) is 19.1 Å². The number of carbonyl (C=O) groups is 1. The van der Waals surface area contributed by atoms with Crippen molar-refractivity contribution in [1.29, 1.82) is 0 Å². The molecule has 1 aliphatic heterocycles. The van der Waals surface area contributed by atoms with Gasteiger partial charge in [-0.2, -0.15) is 4.31 Å². The lowest BCUT2D eigenvalue weighted by molar-refractivity contribution is 0.0599. The van der Waals surface area contributed by atoms with Crippen molar-refractivity contribution < 1.29 is 17.9 Å². The van der Waals surface area contributed by atoms with Crippen molar-refractivity contribution in [1.82, 2.24) is 9.62 Å². The molecule has 0 amide bonds. The number of esters is 1. The maximum absolute atomic E-state index is 12.8. The summed E-state index contributed by atoms with van der Waals surface area (Å²) < 4.78 is 31.9. The summed E-state index contributed by atoms with van der Waals surface area (Å²) in [4.78, 5) is 11.9. The van der Waals surface area contributed by atoms with Crippen LogP contribution in [0.15, 0.2) is 23.1 Å². The molecular weight excluding hydrogens is 328 g/mol. The van der Waals surface area contributed by atoms with Crippen LogP contribution < -0.4 is 5.32 Å². The highest BCUT2D eigenvalue weighted by atomic mass is 32.2. The number of rotatable bonds is 6. The number of hydrogen-bond acceptors (Lipinski definition) is 5. The largest absolute Gasteiger partial charge is 0.465 e. The van der Waals surface area contributed by atoms with E-state index in [2.05, 4.69) is 12.2 Å². The Balaban J connectivity index is 2.15. The third-order valence-corrected chi connectivity index (χ3v) is 6.40. The van der Waals surface area contributed by atoms with Gasteiger partial charge >= 0.3 is 5.97 Å². The number of nitrogens with one attached hydrogen (secondary N) is 1. The average molecular weight is 354 g/mol. The van der Waals surface area contributed by atoms with Gasteiger partial charge in [0.15, 0.2) is 0 Å². The first kappa shape index (κ1) is 18.9. The molecule has 24 heavy (non-hydrogen) atoms. The lowest BCUT2D eigenvalue weighted by atomic mass is 9.98. The quantitative estimate of drug-likeness (QED) is 0.788. The van der Waals surface area contributed by atoms with Crippen LogP contribution in [-0.2, 0) is 14.8 Å². The lowest BCUT2D eigenvalue weighted by Gasteiger charge is -2.31. The van der Waals surface area contributed by atoms with E-state index in [1.165, 1.54) is 17.5 Å². The Morgan fingerprint density at radius 2 is 2.00 bits per heavy atom. The average Bonchev–Trinajstić information content (AvgIpc) is 2.59. The summed E-state index contributed by atoms with van der Waals surface area (Å²) >= 11 is 0. The van der Waals surface area contributed by atoms with E-state index < -0.39 is 16.0 Å². The minimum atomic E-state index is -3.58. The van der Waals surface area contributed by atoms with Gasteiger partial charge in [0.1, 0.15) is 0 Å². The fraction of sp³-hybridized carbons (Fsp3) is 0.588. The lowest BCUT2D eigenvalue weighted by Crippen LogP contribution is -2.40. The molecular formula is C17H26N2O4S. The van der Waals surface area contributed by atoms with Gasteiger partial charge in [0.2, 0.25) is 10.0 Å². The summed E-state index contributed by atoms with van der Waals surface area (Å²) in [6.07, 6.45) is 1.70. The number of hydrogen-bond donors (Lipinski definition) is 1. The van der Waals surface area contributed by atoms with Crippen molar-refractivity contribution in [3.05, 3.63) is 29.3 Å². The third-order valence-electron chi connectivity index (χ3n) is 4.51. The van der Waals surface area contributed by atoms with Crippen LogP contribution in [0.4, 0.5) is 0 Å². The SMILES string of the molecule is CCNCC1CCN(S(=O)(=O)c2ccc(C)c(C(=O)OC)c2)CC1. The topological polar surface area (TPSA) is 75.7 Å². The smallest absolute Gasteiger partial charge is 0.338 e. The first-order chi connectivity index (χ1) is 11.4. The Labute approximate surface area is 144 Å². The highest BCUT2D eigenvalue weighted by Crippen LogP contribution is 2.25. The zero-order valence-corrected chi connectivity index (χ0v) is 15.4. The molecule has 0 atom stereocenters. The van der Waals surface area contributed by atoms with Crippen LogP contribution in [0.1, 0.15) is 35.7 Å². The molecule has 1 saturated heterocycles. The first-order valence-corrected chi connectivity index (χ1v) is 9.74. The highest BCUT2D eigenvalue weighted by Gasteiger charge is 2.30. The van der Waals surface area contributed by atoms with E-state index in [1.807, 2.05) is 0 Å². The minimum absolute atomic E-state index is 0.152. The zero-order valence-electron chi connectivity index (χ0n) is 14.5. The van der Waals surface area contributed by atoms with E-state index in [0.29, 0.717) is 30.1 Å². The summed E-state index contributed by atoms with van der Waals surface area (Å²) in [5, 5.41) is 3.32. The molecule has 6 nitrogen and oxygen atoms in total. The summed E-state index contributed by atoms with van der Waals surface area (Å²) in [5.41, 5.74) is 0.991. The van der Waals surface area contributed by atoms with Gasteiger partial charge in [-0.3, -0.25) is 0 Å². The summed E-state index contributed by atoms with van der Waals surface area (Å²) in [7, 11) is -2.29. The van der Waals surface area contributed by atoms with E-state index in [4.69, 9.17) is 4.74 Å². The number of aryl methyl sites for hydroxylation is 1. The first-order valence-electron chi connectivity index (χ1n) is 8.30. The van der Waals surface area contributed by atoms with Crippen LogP contribution in [0.2, 0.25) is 0 Å². The molecule has 0 saturated carbocycles. The standard InChI is InChI=1S/C17H26N2O4S/c1-4-18-12-14-7-9-19(10-8-14)24(21,22)15-6-5-13(2)16(11-15)17(20)23-3/h5-6,11,14,18H,4,7-10,12H2,1-3H3.